The van der Waals surface area contributed by atoms with E-state index in [4.69, 9.17) is 0 Å². The van der Waals surface area contributed by atoms with E-state index in [1.807, 2.05) is 31.2 Å². The average molecular weight is 387 g/mol. The highest BCUT2D eigenvalue weighted by Crippen LogP contribution is 2.32. The monoisotopic (exact) mass is 387 g/mol. The van der Waals surface area contributed by atoms with Gasteiger partial charge in [-0.1, -0.05) is 23.8 Å². The number of fused-ring (bicyclic) bond motifs is 1. The minimum atomic E-state index is -1.11. The molecular formula is C19H15F2N3O2S. The van der Waals surface area contributed by atoms with Crippen molar-refractivity contribution in [2.75, 3.05) is 5.32 Å². The fraction of sp³-hybridized carbons (Fsp3) is 0.158. The lowest BCUT2D eigenvalue weighted by Crippen LogP contribution is -2.19. The third-order valence-electron chi connectivity index (χ3n) is 4.37. The minimum absolute atomic E-state index is 0.233. The Labute approximate surface area is 156 Å². The highest BCUT2D eigenvalue weighted by atomic mass is 32.2. The normalized spacial score (nSPS) is 15.6. The first-order valence-electron chi connectivity index (χ1n) is 8.22. The molecule has 4 rings (SSSR count). The van der Waals surface area contributed by atoms with E-state index in [2.05, 4.69) is 10.4 Å². The van der Waals surface area contributed by atoms with Gasteiger partial charge in [0, 0.05) is 16.4 Å². The van der Waals surface area contributed by atoms with Crippen LogP contribution < -0.4 is 5.32 Å². The van der Waals surface area contributed by atoms with Crippen LogP contribution in [0.2, 0.25) is 0 Å². The second-order valence-corrected chi connectivity index (χ2v) is 7.76. The van der Waals surface area contributed by atoms with Crippen LogP contribution in [0.3, 0.4) is 0 Å². The quantitative estimate of drug-likeness (QED) is 0.749. The van der Waals surface area contributed by atoms with Gasteiger partial charge < -0.3 is 5.32 Å². The first kappa shape index (κ1) is 17.5. The lowest BCUT2D eigenvalue weighted by Gasteiger charge is -2.12. The SMILES string of the molecule is Cc1ccc(-n2nc3c(c2NC(=O)c2c(F)cccc2F)CS(=O)C3)cc1. The van der Waals surface area contributed by atoms with Gasteiger partial charge >= 0.3 is 0 Å². The number of nitrogens with one attached hydrogen (secondary N) is 1. The topological polar surface area (TPSA) is 64.0 Å². The summed E-state index contributed by atoms with van der Waals surface area (Å²) < 4.78 is 41.3. The van der Waals surface area contributed by atoms with Gasteiger partial charge in [-0.05, 0) is 31.2 Å². The summed E-state index contributed by atoms with van der Waals surface area (Å²) in [5, 5.41) is 7.02. The van der Waals surface area contributed by atoms with E-state index in [0.29, 0.717) is 16.9 Å². The predicted molar refractivity (Wildman–Crippen MR) is 98.2 cm³/mol. The average Bonchev–Trinajstić information content (AvgIpc) is 3.13. The van der Waals surface area contributed by atoms with E-state index in [1.54, 1.807) is 0 Å². The number of carbonyl (C=O) groups excluding carboxylic acids is 1. The molecule has 1 unspecified atom stereocenters. The van der Waals surface area contributed by atoms with Gasteiger partial charge in [-0.15, -0.1) is 0 Å². The number of hydrogen-bond acceptors (Lipinski definition) is 3. The Morgan fingerprint density at radius 3 is 2.44 bits per heavy atom. The molecule has 0 spiro atoms. The van der Waals surface area contributed by atoms with Crippen molar-refractivity contribution in [2.24, 2.45) is 0 Å². The Bertz CT molecular complexity index is 1060. The van der Waals surface area contributed by atoms with Crippen molar-refractivity contribution in [2.45, 2.75) is 18.4 Å². The predicted octanol–water partition coefficient (Wildman–Crippen LogP) is 3.47. The fourth-order valence-electron chi connectivity index (χ4n) is 3.01. The van der Waals surface area contributed by atoms with Gasteiger partial charge in [-0.25, -0.2) is 13.5 Å². The molecule has 3 aromatic rings. The number of halogens is 2. The van der Waals surface area contributed by atoms with E-state index in [0.717, 1.165) is 17.7 Å². The van der Waals surface area contributed by atoms with Gasteiger partial charge in [0.25, 0.3) is 5.91 Å². The summed E-state index contributed by atoms with van der Waals surface area (Å²) in [6, 6.07) is 10.7. The second-order valence-electron chi connectivity index (χ2n) is 6.30. The van der Waals surface area contributed by atoms with Crippen molar-refractivity contribution in [1.29, 1.82) is 0 Å². The van der Waals surface area contributed by atoms with Gasteiger partial charge in [-0.3, -0.25) is 9.00 Å². The summed E-state index contributed by atoms with van der Waals surface area (Å²) in [4.78, 5) is 12.6. The maximum Gasteiger partial charge on any atom is 0.262 e. The number of nitrogens with zero attached hydrogens (tertiary/aromatic N) is 2. The van der Waals surface area contributed by atoms with Crippen LogP contribution in [0.5, 0.6) is 0 Å². The van der Waals surface area contributed by atoms with Crippen LogP contribution in [0.15, 0.2) is 42.5 Å². The lowest BCUT2D eigenvalue weighted by molar-refractivity contribution is 0.101. The summed E-state index contributed by atoms with van der Waals surface area (Å²) in [5.41, 5.74) is 2.31. The highest BCUT2D eigenvalue weighted by Gasteiger charge is 2.29. The molecule has 1 aromatic heterocycles. The van der Waals surface area contributed by atoms with Gasteiger partial charge in [0.1, 0.15) is 23.0 Å². The molecular weight excluding hydrogens is 372 g/mol. The maximum atomic E-state index is 14.0. The summed E-state index contributed by atoms with van der Waals surface area (Å²) in [6.07, 6.45) is 0. The van der Waals surface area contributed by atoms with Crippen molar-refractivity contribution >= 4 is 22.5 Å². The van der Waals surface area contributed by atoms with Gasteiger partial charge in [0.2, 0.25) is 0 Å². The molecule has 2 heterocycles. The van der Waals surface area contributed by atoms with Crippen molar-refractivity contribution in [3.8, 4) is 5.69 Å². The summed E-state index contributed by atoms with van der Waals surface area (Å²) in [6.45, 7) is 1.94. The van der Waals surface area contributed by atoms with Gasteiger partial charge in [0.15, 0.2) is 0 Å². The molecule has 5 nitrogen and oxygen atoms in total. The first-order valence-corrected chi connectivity index (χ1v) is 9.71. The number of carbonyl (C=O) groups is 1. The molecule has 1 N–H and O–H groups in total. The highest BCUT2D eigenvalue weighted by molar-refractivity contribution is 7.83. The van der Waals surface area contributed by atoms with E-state index in [-0.39, 0.29) is 17.3 Å². The second kappa shape index (κ2) is 6.70. The third-order valence-corrected chi connectivity index (χ3v) is 5.58. The molecule has 0 saturated carbocycles. The number of anilines is 1. The molecule has 2 aromatic carbocycles. The molecule has 0 fully saturated rings. The van der Waals surface area contributed by atoms with Crippen LogP contribution in [0.4, 0.5) is 14.6 Å². The molecule has 8 heteroatoms. The number of hydrogen-bond donors (Lipinski definition) is 1. The molecule has 1 amide bonds. The standard InChI is InChI=1S/C19H15F2N3O2S/c1-11-5-7-12(8-6-11)24-18(13-9-27(26)10-16(13)23-24)22-19(25)17-14(20)3-2-4-15(17)21/h2-8H,9-10H2,1H3,(H,22,25). The van der Waals surface area contributed by atoms with E-state index in [9.17, 15) is 17.8 Å². The van der Waals surface area contributed by atoms with Crippen molar-refractivity contribution in [3.05, 3.63) is 76.5 Å². The van der Waals surface area contributed by atoms with E-state index in [1.165, 1.54) is 10.7 Å². The summed E-state index contributed by atoms with van der Waals surface area (Å²) in [5.74, 6) is -2.02. The van der Waals surface area contributed by atoms with Crippen molar-refractivity contribution in [3.63, 3.8) is 0 Å². The van der Waals surface area contributed by atoms with Crippen LogP contribution in [0.25, 0.3) is 5.69 Å². The van der Waals surface area contributed by atoms with Crippen LogP contribution in [-0.4, -0.2) is 19.9 Å². The number of aromatic nitrogens is 2. The van der Waals surface area contributed by atoms with Crippen LogP contribution >= 0.6 is 0 Å². The molecule has 1 aliphatic rings. The lowest BCUT2D eigenvalue weighted by atomic mass is 10.1. The Morgan fingerprint density at radius 2 is 1.78 bits per heavy atom. The molecule has 27 heavy (non-hydrogen) atoms. The molecule has 1 atom stereocenters. The maximum absolute atomic E-state index is 14.0. The number of amides is 1. The Hall–Kier alpha value is -2.87. The molecule has 138 valence electrons. The molecule has 0 radical (unpaired) electrons. The Morgan fingerprint density at radius 1 is 1.11 bits per heavy atom. The summed E-state index contributed by atoms with van der Waals surface area (Å²) >= 11 is 0. The zero-order chi connectivity index (χ0) is 19.1. The van der Waals surface area contributed by atoms with Crippen molar-refractivity contribution in [1.82, 2.24) is 9.78 Å². The van der Waals surface area contributed by atoms with E-state index >= 15 is 0 Å². The van der Waals surface area contributed by atoms with Crippen LogP contribution in [0.1, 0.15) is 27.2 Å². The zero-order valence-corrected chi connectivity index (χ0v) is 15.1. The fourth-order valence-corrected chi connectivity index (χ4v) is 4.28. The first-order chi connectivity index (χ1) is 12.9. The molecule has 0 bridgehead atoms. The van der Waals surface area contributed by atoms with Gasteiger partial charge in [-0.2, -0.15) is 5.10 Å². The van der Waals surface area contributed by atoms with Gasteiger partial charge in [0.05, 0.1) is 22.9 Å². The number of aryl methyl sites for hydroxylation is 1. The smallest absolute Gasteiger partial charge is 0.262 e. The minimum Gasteiger partial charge on any atom is -0.306 e. The number of rotatable bonds is 3. The number of benzene rings is 2. The largest absolute Gasteiger partial charge is 0.306 e. The third kappa shape index (κ3) is 3.16. The van der Waals surface area contributed by atoms with Crippen molar-refractivity contribution < 1.29 is 17.8 Å². The Kier molecular flexibility index (Phi) is 4.35. The molecule has 0 saturated heterocycles. The molecule has 0 aliphatic carbocycles. The van der Waals surface area contributed by atoms with Crippen LogP contribution in [-0.2, 0) is 22.3 Å². The van der Waals surface area contributed by atoms with Crippen LogP contribution in [0, 0.1) is 18.6 Å². The summed E-state index contributed by atoms with van der Waals surface area (Å²) in [7, 11) is -1.11. The molecule has 1 aliphatic heterocycles. The van der Waals surface area contributed by atoms with E-state index < -0.39 is 33.9 Å². The zero-order valence-electron chi connectivity index (χ0n) is 14.3. The Balaban J connectivity index is 1.78.